The Balaban J connectivity index is 2.17. The van der Waals surface area contributed by atoms with Gasteiger partial charge >= 0.3 is 0 Å². The first-order chi connectivity index (χ1) is 9.52. The second-order valence-electron chi connectivity index (χ2n) is 5.46. The van der Waals surface area contributed by atoms with Crippen molar-refractivity contribution in [2.75, 3.05) is 11.9 Å². The summed E-state index contributed by atoms with van der Waals surface area (Å²) in [6.45, 7) is 4.19. The smallest absolute Gasteiger partial charge is 0.0662 e. The third kappa shape index (κ3) is 3.84. The van der Waals surface area contributed by atoms with Gasteiger partial charge in [-0.25, -0.2) is 0 Å². The van der Waals surface area contributed by atoms with Crippen molar-refractivity contribution in [3.8, 4) is 0 Å². The fraction of sp³-hybridized carbons (Fsp3) is 0.294. The molecule has 0 radical (unpaired) electrons. The van der Waals surface area contributed by atoms with E-state index in [1.807, 2.05) is 37.3 Å². The van der Waals surface area contributed by atoms with Crippen molar-refractivity contribution < 1.29 is 5.11 Å². The fourth-order valence-corrected chi connectivity index (χ4v) is 2.50. The third-order valence-electron chi connectivity index (χ3n) is 3.44. The lowest BCUT2D eigenvalue weighted by molar-refractivity contribution is 0.222. The van der Waals surface area contributed by atoms with Gasteiger partial charge in [0.25, 0.3) is 0 Å². The predicted molar refractivity (Wildman–Crippen MR) is 88.1 cm³/mol. The summed E-state index contributed by atoms with van der Waals surface area (Å²) in [5.74, 6) is 0. The summed E-state index contributed by atoms with van der Waals surface area (Å²) in [5.41, 5.74) is 3.08. The van der Waals surface area contributed by atoms with E-state index < -0.39 is 0 Å². The maximum absolute atomic E-state index is 9.78. The van der Waals surface area contributed by atoms with E-state index in [0.29, 0.717) is 0 Å². The Morgan fingerprint density at radius 1 is 1.10 bits per heavy atom. The van der Waals surface area contributed by atoms with Gasteiger partial charge in [0.1, 0.15) is 0 Å². The molecule has 3 heteroatoms. The number of para-hydroxylation sites is 1. The lowest BCUT2D eigenvalue weighted by atomic mass is 9.93. The number of halogens is 1. The van der Waals surface area contributed by atoms with Crippen molar-refractivity contribution >= 4 is 21.6 Å². The van der Waals surface area contributed by atoms with Crippen LogP contribution in [0.15, 0.2) is 53.0 Å². The molecule has 0 aromatic heterocycles. The highest BCUT2D eigenvalue weighted by atomic mass is 79.9. The van der Waals surface area contributed by atoms with Gasteiger partial charge in [-0.05, 0) is 49.6 Å². The van der Waals surface area contributed by atoms with Gasteiger partial charge in [-0.1, -0.05) is 46.3 Å². The Hall–Kier alpha value is -1.32. The van der Waals surface area contributed by atoms with E-state index in [1.54, 1.807) is 0 Å². The molecule has 0 amide bonds. The summed E-state index contributed by atoms with van der Waals surface area (Å²) in [7, 11) is 0. The first kappa shape index (κ1) is 15.1. The lowest BCUT2D eigenvalue weighted by Crippen LogP contribution is -2.41. The van der Waals surface area contributed by atoms with Crippen molar-refractivity contribution in [3.05, 3.63) is 64.1 Å². The molecule has 0 spiro atoms. The van der Waals surface area contributed by atoms with Crippen molar-refractivity contribution in [1.82, 2.24) is 0 Å². The molecule has 0 fully saturated rings. The van der Waals surface area contributed by atoms with Gasteiger partial charge in [-0.2, -0.15) is 0 Å². The highest BCUT2D eigenvalue weighted by molar-refractivity contribution is 9.10. The number of hydrogen-bond donors (Lipinski definition) is 2. The molecule has 2 nitrogen and oxygen atoms in total. The Morgan fingerprint density at radius 2 is 1.75 bits per heavy atom. The maximum Gasteiger partial charge on any atom is 0.0662 e. The zero-order valence-electron chi connectivity index (χ0n) is 11.9. The number of aliphatic hydroxyl groups is 1. The molecule has 0 aliphatic carbocycles. The molecular weight excluding hydrogens is 314 g/mol. The average Bonchev–Trinajstić information content (AvgIpc) is 2.44. The molecule has 0 aliphatic rings. The van der Waals surface area contributed by atoms with Crippen LogP contribution in [0.3, 0.4) is 0 Å². The van der Waals surface area contributed by atoms with E-state index in [9.17, 15) is 5.11 Å². The summed E-state index contributed by atoms with van der Waals surface area (Å²) >= 11 is 3.44. The van der Waals surface area contributed by atoms with Gasteiger partial charge < -0.3 is 10.4 Å². The first-order valence-electron chi connectivity index (χ1n) is 6.71. The highest BCUT2D eigenvalue weighted by Gasteiger charge is 2.24. The van der Waals surface area contributed by atoms with Crippen molar-refractivity contribution in [3.63, 3.8) is 0 Å². The minimum atomic E-state index is -0.375. The SMILES string of the molecule is Cc1ccccc1NC(C)(CO)Cc1ccc(Br)cc1. The van der Waals surface area contributed by atoms with Crippen LogP contribution in [0.1, 0.15) is 18.1 Å². The van der Waals surface area contributed by atoms with Gasteiger partial charge in [-0.15, -0.1) is 0 Å². The molecule has 0 saturated carbocycles. The molecule has 2 aromatic carbocycles. The summed E-state index contributed by atoms with van der Waals surface area (Å²) in [4.78, 5) is 0. The predicted octanol–water partition coefficient (Wildman–Crippen LogP) is 4.16. The van der Waals surface area contributed by atoms with Crippen molar-refractivity contribution in [2.24, 2.45) is 0 Å². The molecule has 2 N–H and O–H groups in total. The van der Waals surface area contributed by atoms with Crippen LogP contribution in [-0.2, 0) is 6.42 Å². The molecular formula is C17H20BrNO. The van der Waals surface area contributed by atoms with Crippen LogP contribution in [0, 0.1) is 6.92 Å². The van der Waals surface area contributed by atoms with Crippen LogP contribution in [0.5, 0.6) is 0 Å². The molecule has 2 aromatic rings. The minimum Gasteiger partial charge on any atom is -0.394 e. The molecule has 1 atom stereocenters. The van der Waals surface area contributed by atoms with Crippen LogP contribution >= 0.6 is 15.9 Å². The van der Waals surface area contributed by atoms with E-state index in [1.165, 1.54) is 11.1 Å². The number of rotatable bonds is 5. The van der Waals surface area contributed by atoms with E-state index in [0.717, 1.165) is 16.6 Å². The van der Waals surface area contributed by atoms with Crippen LogP contribution in [0.2, 0.25) is 0 Å². The Morgan fingerprint density at radius 3 is 2.35 bits per heavy atom. The van der Waals surface area contributed by atoms with E-state index in [4.69, 9.17) is 0 Å². The number of aliphatic hydroxyl groups excluding tert-OH is 1. The number of aryl methyl sites for hydroxylation is 1. The van der Waals surface area contributed by atoms with Gasteiger partial charge in [0.2, 0.25) is 0 Å². The summed E-state index contributed by atoms with van der Waals surface area (Å²) in [6.07, 6.45) is 0.769. The first-order valence-corrected chi connectivity index (χ1v) is 7.51. The molecule has 1 unspecified atom stereocenters. The largest absolute Gasteiger partial charge is 0.394 e. The van der Waals surface area contributed by atoms with Crippen molar-refractivity contribution in [1.29, 1.82) is 0 Å². The standard InChI is InChI=1S/C17H20BrNO/c1-13-5-3-4-6-16(13)19-17(2,12-20)11-14-7-9-15(18)10-8-14/h3-10,19-20H,11-12H2,1-2H3. The zero-order valence-corrected chi connectivity index (χ0v) is 13.4. The van der Waals surface area contributed by atoms with Gasteiger partial charge in [-0.3, -0.25) is 0 Å². The monoisotopic (exact) mass is 333 g/mol. The maximum atomic E-state index is 9.78. The molecule has 0 aliphatic heterocycles. The summed E-state index contributed by atoms with van der Waals surface area (Å²) in [6, 6.07) is 16.4. The van der Waals surface area contributed by atoms with Gasteiger partial charge in [0.05, 0.1) is 12.1 Å². The second kappa shape index (κ2) is 6.42. The summed E-state index contributed by atoms with van der Waals surface area (Å²) in [5, 5.41) is 13.3. The second-order valence-corrected chi connectivity index (χ2v) is 6.38. The number of anilines is 1. The quantitative estimate of drug-likeness (QED) is 0.860. The van der Waals surface area contributed by atoms with Crippen molar-refractivity contribution in [2.45, 2.75) is 25.8 Å². The highest BCUT2D eigenvalue weighted by Crippen LogP contribution is 2.23. The summed E-state index contributed by atoms with van der Waals surface area (Å²) < 4.78 is 1.07. The van der Waals surface area contributed by atoms with Crippen LogP contribution in [0.25, 0.3) is 0 Å². The Labute approximate surface area is 129 Å². The Bertz CT molecular complexity index is 567. The van der Waals surface area contributed by atoms with E-state index in [2.05, 4.69) is 46.4 Å². The minimum absolute atomic E-state index is 0.0808. The van der Waals surface area contributed by atoms with E-state index >= 15 is 0 Å². The van der Waals surface area contributed by atoms with Gasteiger partial charge in [0.15, 0.2) is 0 Å². The normalized spacial score (nSPS) is 13.8. The van der Waals surface area contributed by atoms with Gasteiger partial charge in [0, 0.05) is 10.2 Å². The molecule has 2 rings (SSSR count). The average molecular weight is 334 g/mol. The number of nitrogens with one attached hydrogen (secondary N) is 1. The number of hydrogen-bond acceptors (Lipinski definition) is 2. The molecule has 106 valence electrons. The van der Waals surface area contributed by atoms with Crippen LogP contribution in [0.4, 0.5) is 5.69 Å². The van der Waals surface area contributed by atoms with Crippen LogP contribution in [-0.4, -0.2) is 17.3 Å². The topological polar surface area (TPSA) is 32.3 Å². The Kier molecular flexibility index (Phi) is 4.84. The molecule has 0 saturated heterocycles. The van der Waals surface area contributed by atoms with Crippen LogP contribution < -0.4 is 5.32 Å². The van der Waals surface area contributed by atoms with E-state index in [-0.39, 0.29) is 12.1 Å². The third-order valence-corrected chi connectivity index (χ3v) is 3.97. The lowest BCUT2D eigenvalue weighted by Gasteiger charge is -2.31. The molecule has 0 bridgehead atoms. The molecule has 20 heavy (non-hydrogen) atoms. The fourth-order valence-electron chi connectivity index (χ4n) is 2.23. The number of benzene rings is 2. The molecule has 0 heterocycles. The zero-order chi connectivity index (χ0) is 14.6.